The van der Waals surface area contributed by atoms with Gasteiger partial charge in [0.25, 0.3) is 0 Å². The van der Waals surface area contributed by atoms with Crippen molar-refractivity contribution in [3.05, 3.63) is 59.4 Å². The predicted octanol–water partition coefficient (Wildman–Crippen LogP) is 4.87. The maximum Gasteiger partial charge on any atom is 0.325 e. The number of urea groups is 1. The van der Waals surface area contributed by atoms with E-state index in [0.29, 0.717) is 20.8 Å². The third-order valence-corrected chi connectivity index (χ3v) is 6.04. The molecule has 0 bridgehead atoms. The van der Waals surface area contributed by atoms with Crippen molar-refractivity contribution < 1.29 is 14.0 Å². The van der Waals surface area contributed by atoms with Gasteiger partial charge < -0.3 is 10.6 Å². The quantitative estimate of drug-likeness (QED) is 0.469. The van der Waals surface area contributed by atoms with Gasteiger partial charge in [-0.2, -0.15) is 0 Å². The zero-order valence-electron chi connectivity index (χ0n) is 16.5. The topological polar surface area (TPSA) is 96.0 Å². The van der Waals surface area contributed by atoms with Gasteiger partial charge in [-0.05, 0) is 56.7 Å². The lowest BCUT2D eigenvalue weighted by molar-refractivity contribution is -0.119. The van der Waals surface area contributed by atoms with E-state index in [1.807, 2.05) is 26.0 Å². The minimum absolute atomic E-state index is 0.324. The number of hydrogen-bond donors (Lipinski definition) is 3. The predicted molar refractivity (Wildman–Crippen MR) is 118 cm³/mol. The molecule has 3 aromatic rings. The minimum Gasteiger partial charge on any atom is -0.330 e. The van der Waals surface area contributed by atoms with Gasteiger partial charge in [0.1, 0.15) is 5.82 Å². The number of benzene rings is 2. The number of rotatable bonds is 6. The largest absolute Gasteiger partial charge is 0.330 e. The number of imide groups is 1. The molecule has 2 aromatic carbocycles. The molecule has 3 amide bonds. The lowest BCUT2D eigenvalue weighted by Gasteiger charge is -2.12. The first-order chi connectivity index (χ1) is 14.3. The van der Waals surface area contributed by atoms with Gasteiger partial charge in [0, 0.05) is 11.4 Å². The number of nitrogens with one attached hydrogen (secondary N) is 3. The fraction of sp³-hybridized carbons (Fsp3) is 0.200. The second-order valence-electron chi connectivity index (χ2n) is 6.53. The van der Waals surface area contributed by atoms with Crippen molar-refractivity contribution in [3.8, 4) is 0 Å². The SMILES string of the molecule is Cc1ccc(NC(=O)NC(=O)C(C)Sc2nnc(Nc3ccc(F)cc3)s2)c(C)c1. The Morgan fingerprint density at radius 3 is 2.53 bits per heavy atom. The molecule has 0 radical (unpaired) electrons. The molecule has 0 fully saturated rings. The van der Waals surface area contributed by atoms with E-state index in [2.05, 4.69) is 26.1 Å². The molecule has 1 atom stereocenters. The first-order valence-corrected chi connectivity index (χ1v) is 10.7. The van der Waals surface area contributed by atoms with Crippen LogP contribution in [0.3, 0.4) is 0 Å². The molecule has 3 rings (SSSR count). The summed E-state index contributed by atoms with van der Waals surface area (Å²) in [5, 5.41) is 16.0. The van der Waals surface area contributed by atoms with E-state index >= 15 is 0 Å². The minimum atomic E-state index is -0.588. The third-order valence-electron chi connectivity index (χ3n) is 4.02. The van der Waals surface area contributed by atoms with Crippen molar-refractivity contribution in [1.82, 2.24) is 15.5 Å². The molecule has 3 N–H and O–H groups in total. The van der Waals surface area contributed by atoms with Crippen molar-refractivity contribution in [1.29, 1.82) is 0 Å². The molecule has 0 saturated carbocycles. The van der Waals surface area contributed by atoms with E-state index in [9.17, 15) is 14.0 Å². The van der Waals surface area contributed by atoms with Crippen LogP contribution >= 0.6 is 23.1 Å². The van der Waals surface area contributed by atoms with Crippen molar-refractivity contribution in [3.63, 3.8) is 0 Å². The number of amides is 3. The number of halogens is 1. The molecule has 0 spiro atoms. The highest BCUT2D eigenvalue weighted by atomic mass is 32.2. The Morgan fingerprint density at radius 1 is 1.10 bits per heavy atom. The summed E-state index contributed by atoms with van der Waals surface area (Å²) in [5.41, 5.74) is 3.32. The summed E-state index contributed by atoms with van der Waals surface area (Å²) in [5.74, 6) is -0.763. The van der Waals surface area contributed by atoms with Crippen LogP contribution in [-0.4, -0.2) is 27.4 Å². The van der Waals surface area contributed by atoms with E-state index in [1.54, 1.807) is 25.1 Å². The number of hydrogen-bond acceptors (Lipinski definition) is 7. The molecule has 0 aliphatic heterocycles. The Labute approximate surface area is 181 Å². The van der Waals surface area contributed by atoms with Gasteiger partial charge in [0.05, 0.1) is 5.25 Å². The van der Waals surface area contributed by atoms with Crippen LogP contribution in [0, 0.1) is 19.7 Å². The summed E-state index contributed by atoms with van der Waals surface area (Å²) in [6.07, 6.45) is 0. The number of carbonyl (C=O) groups is 2. The lowest BCUT2D eigenvalue weighted by Crippen LogP contribution is -2.39. The van der Waals surface area contributed by atoms with Crippen molar-refractivity contribution in [2.24, 2.45) is 0 Å². The van der Waals surface area contributed by atoms with Crippen LogP contribution in [0.4, 0.5) is 25.7 Å². The van der Waals surface area contributed by atoms with Gasteiger partial charge in [-0.3, -0.25) is 10.1 Å². The van der Waals surface area contributed by atoms with Gasteiger partial charge in [-0.25, -0.2) is 9.18 Å². The number of carbonyl (C=O) groups excluding carboxylic acids is 2. The van der Waals surface area contributed by atoms with Crippen molar-refractivity contribution in [2.75, 3.05) is 10.6 Å². The normalized spacial score (nSPS) is 11.6. The average Bonchev–Trinajstić information content (AvgIpc) is 3.12. The van der Waals surface area contributed by atoms with Crippen LogP contribution in [0.25, 0.3) is 0 Å². The van der Waals surface area contributed by atoms with Crippen LogP contribution in [0.5, 0.6) is 0 Å². The molecule has 156 valence electrons. The maximum atomic E-state index is 13.0. The average molecular weight is 446 g/mol. The Balaban J connectivity index is 1.52. The first-order valence-electron chi connectivity index (χ1n) is 9.02. The molecule has 1 unspecified atom stereocenters. The van der Waals surface area contributed by atoms with Crippen molar-refractivity contribution >= 4 is 51.5 Å². The first kappa shape index (κ1) is 21.7. The monoisotopic (exact) mass is 445 g/mol. The highest BCUT2D eigenvalue weighted by Crippen LogP contribution is 2.30. The highest BCUT2D eigenvalue weighted by Gasteiger charge is 2.19. The molecule has 1 heterocycles. The molecule has 1 aromatic heterocycles. The van der Waals surface area contributed by atoms with Gasteiger partial charge >= 0.3 is 6.03 Å². The third kappa shape index (κ3) is 6.01. The van der Waals surface area contributed by atoms with E-state index in [-0.39, 0.29) is 5.82 Å². The van der Waals surface area contributed by atoms with Crippen LogP contribution in [0.15, 0.2) is 46.8 Å². The Hall–Kier alpha value is -2.98. The smallest absolute Gasteiger partial charge is 0.325 e. The molecule has 0 aliphatic rings. The van der Waals surface area contributed by atoms with Crippen LogP contribution in [-0.2, 0) is 4.79 Å². The fourth-order valence-electron chi connectivity index (χ4n) is 2.49. The summed E-state index contributed by atoms with van der Waals surface area (Å²) < 4.78 is 13.5. The van der Waals surface area contributed by atoms with E-state index in [1.165, 1.54) is 35.2 Å². The molecule has 0 saturated heterocycles. The zero-order valence-corrected chi connectivity index (χ0v) is 18.2. The standard InChI is InChI=1S/C20H20FN5O2S2/c1-11-4-9-16(12(2)10-11)23-18(28)24-17(27)13(3)29-20-26-25-19(30-20)22-15-7-5-14(21)6-8-15/h4-10,13H,1-3H3,(H,22,25)(H2,23,24,27,28). The van der Waals surface area contributed by atoms with Crippen LogP contribution < -0.4 is 16.0 Å². The molecule has 7 nitrogen and oxygen atoms in total. The number of aryl methyl sites for hydroxylation is 2. The number of aromatic nitrogens is 2. The van der Waals surface area contributed by atoms with E-state index in [4.69, 9.17) is 0 Å². The number of anilines is 3. The Morgan fingerprint density at radius 2 is 1.83 bits per heavy atom. The summed E-state index contributed by atoms with van der Waals surface area (Å²) in [7, 11) is 0. The van der Waals surface area contributed by atoms with Crippen LogP contribution in [0.2, 0.25) is 0 Å². The second-order valence-corrected chi connectivity index (χ2v) is 9.09. The zero-order chi connectivity index (χ0) is 21.7. The number of nitrogens with zero attached hydrogens (tertiary/aromatic N) is 2. The summed E-state index contributed by atoms with van der Waals surface area (Å²) >= 11 is 2.45. The highest BCUT2D eigenvalue weighted by molar-refractivity contribution is 8.02. The Bertz CT molecular complexity index is 1060. The Kier molecular flexibility index (Phi) is 7.01. The van der Waals surface area contributed by atoms with E-state index < -0.39 is 17.2 Å². The second kappa shape index (κ2) is 9.68. The number of thioether (sulfide) groups is 1. The van der Waals surface area contributed by atoms with Gasteiger partial charge in [0.2, 0.25) is 11.0 Å². The summed E-state index contributed by atoms with van der Waals surface area (Å²) in [4.78, 5) is 24.5. The molecule has 30 heavy (non-hydrogen) atoms. The van der Waals surface area contributed by atoms with Crippen LogP contribution in [0.1, 0.15) is 18.1 Å². The summed E-state index contributed by atoms with van der Waals surface area (Å²) in [6.45, 7) is 5.53. The van der Waals surface area contributed by atoms with E-state index in [0.717, 1.165) is 11.1 Å². The lowest BCUT2D eigenvalue weighted by atomic mass is 10.1. The fourth-order valence-corrected chi connectivity index (χ4v) is 4.41. The molecular formula is C20H20FN5O2S2. The summed E-state index contributed by atoms with van der Waals surface area (Å²) in [6, 6.07) is 10.9. The molecule has 10 heteroatoms. The van der Waals surface area contributed by atoms with Gasteiger partial charge in [-0.1, -0.05) is 40.8 Å². The maximum absolute atomic E-state index is 13.0. The van der Waals surface area contributed by atoms with Crippen molar-refractivity contribution in [2.45, 2.75) is 30.4 Å². The van der Waals surface area contributed by atoms with Gasteiger partial charge in [-0.15, -0.1) is 10.2 Å². The molecular weight excluding hydrogens is 425 g/mol. The van der Waals surface area contributed by atoms with Gasteiger partial charge in [0.15, 0.2) is 4.34 Å². The molecule has 0 aliphatic carbocycles.